The number of nitrogens with one attached hydrogen (secondary N) is 2. The summed E-state index contributed by atoms with van der Waals surface area (Å²) in [5, 5.41) is 15.4. The second-order valence-electron chi connectivity index (χ2n) is 2.67. The molecule has 0 radical (unpaired) electrons. The molecule has 2 heterocycles. The minimum atomic E-state index is -0.477. The van der Waals surface area contributed by atoms with E-state index in [1.165, 1.54) is 0 Å². The van der Waals surface area contributed by atoms with E-state index >= 15 is 0 Å². The maximum absolute atomic E-state index is 10.9. The van der Waals surface area contributed by atoms with Crippen LogP contribution in [0.25, 0.3) is 0 Å². The summed E-state index contributed by atoms with van der Waals surface area (Å²) >= 11 is 0. The number of carbonyl (C=O) groups excluding carboxylic acids is 1. The Morgan fingerprint density at radius 1 is 1.67 bits per heavy atom. The van der Waals surface area contributed by atoms with E-state index in [4.69, 9.17) is 0 Å². The van der Waals surface area contributed by atoms with Gasteiger partial charge in [0.25, 0.3) is 0 Å². The van der Waals surface area contributed by atoms with Gasteiger partial charge in [-0.05, 0) is 18.4 Å². The highest BCUT2D eigenvalue weighted by Gasteiger charge is 2.29. The third-order valence-electron chi connectivity index (χ3n) is 1.91. The first kappa shape index (κ1) is 7.17. The van der Waals surface area contributed by atoms with Gasteiger partial charge in [-0.15, -0.1) is 0 Å². The Balaban J connectivity index is 2.27. The van der Waals surface area contributed by atoms with Gasteiger partial charge in [0.2, 0.25) is 0 Å². The number of allylic oxidation sites excluding steroid dienone is 2. The first-order chi connectivity index (χ1) is 5.79. The second-order valence-corrected chi connectivity index (χ2v) is 2.67. The number of carbonyl (C=O) groups is 1. The SMILES string of the molecule is O=C1NCC2NC=CC=C2N1O. The number of amides is 2. The van der Waals surface area contributed by atoms with Crippen LogP contribution in [0.5, 0.6) is 0 Å². The Morgan fingerprint density at radius 3 is 3.33 bits per heavy atom. The topological polar surface area (TPSA) is 64.6 Å². The standard InChI is InChI=1S/C7H9N3O2/c11-7-9-4-5-6(10(7)12)2-1-3-8-5/h1-3,5,8,12H,4H2,(H,9,11). The van der Waals surface area contributed by atoms with Crippen LogP contribution in [0.15, 0.2) is 24.0 Å². The van der Waals surface area contributed by atoms with Crippen molar-refractivity contribution in [3.8, 4) is 0 Å². The lowest BCUT2D eigenvalue weighted by molar-refractivity contribution is -0.0246. The van der Waals surface area contributed by atoms with Crippen LogP contribution in [0.1, 0.15) is 0 Å². The van der Waals surface area contributed by atoms with Crippen LogP contribution in [0, 0.1) is 0 Å². The molecule has 12 heavy (non-hydrogen) atoms. The number of hydrogen-bond acceptors (Lipinski definition) is 3. The van der Waals surface area contributed by atoms with Gasteiger partial charge in [-0.25, -0.2) is 4.79 Å². The molecule has 1 unspecified atom stereocenters. The summed E-state index contributed by atoms with van der Waals surface area (Å²) in [7, 11) is 0. The lowest BCUT2D eigenvalue weighted by Gasteiger charge is -2.33. The molecule has 3 N–H and O–H groups in total. The molecule has 2 aliphatic rings. The number of hydrogen-bond donors (Lipinski definition) is 3. The zero-order chi connectivity index (χ0) is 8.55. The van der Waals surface area contributed by atoms with E-state index in [9.17, 15) is 10.0 Å². The fourth-order valence-electron chi connectivity index (χ4n) is 1.28. The van der Waals surface area contributed by atoms with Crippen LogP contribution in [0.2, 0.25) is 0 Å². The molecule has 5 nitrogen and oxygen atoms in total. The van der Waals surface area contributed by atoms with E-state index in [2.05, 4.69) is 10.6 Å². The van der Waals surface area contributed by atoms with Gasteiger partial charge >= 0.3 is 6.03 Å². The van der Waals surface area contributed by atoms with Crippen LogP contribution >= 0.6 is 0 Å². The van der Waals surface area contributed by atoms with Crippen molar-refractivity contribution in [2.24, 2.45) is 0 Å². The lowest BCUT2D eigenvalue weighted by Crippen LogP contribution is -2.54. The van der Waals surface area contributed by atoms with Gasteiger partial charge in [-0.3, -0.25) is 5.21 Å². The second kappa shape index (κ2) is 2.53. The predicted molar refractivity (Wildman–Crippen MR) is 41.2 cm³/mol. The Hall–Kier alpha value is -1.49. The fourth-order valence-corrected chi connectivity index (χ4v) is 1.28. The molecular weight excluding hydrogens is 158 g/mol. The molecule has 2 aliphatic heterocycles. The number of hydroxylamine groups is 2. The van der Waals surface area contributed by atoms with Gasteiger partial charge in [0.15, 0.2) is 0 Å². The summed E-state index contributed by atoms with van der Waals surface area (Å²) < 4.78 is 0. The Kier molecular flexibility index (Phi) is 1.51. The first-order valence-electron chi connectivity index (χ1n) is 3.68. The van der Waals surface area contributed by atoms with E-state index in [0.717, 1.165) is 0 Å². The molecule has 1 fully saturated rings. The van der Waals surface area contributed by atoms with E-state index in [0.29, 0.717) is 17.3 Å². The van der Waals surface area contributed by atoms with Crippen LogP contribution in [-0.4, -0.2) is 28.9 Å². The average molecular weight is 167 g/mol. The number of fused-ring (bicyclic) bond motifs is 1. The van der Waals surface area contributed by atoms with Gasteiger partial charge in [-0.2, -0.15) is 5.06 Å². The van der Waals surface area contributed by atoms with Crippen LogP contribution in [0.4, 0.5) is 4.79 Å². The molecule has 5 heteroatoms. The predicted octanol–water partition coefficient (Wildman–Crippen LogP) is -0.230. The molecule has 0 aromatic heterocycles. The summed E-state index contributed by atoms with van der Waals surface area (Å²) in [5.74, 6) is 0. The first-order valence-corrected chi connectivity index (χ1v) is 3.68. The number of dihydropyridines is 1. The van der Waals surface area contributed by atoms with Gasteiger partial charge < -0.3 is 10.6 Å². The molecule has 2 rings (SSSR count). The quantitative estimate of drug-likeness (QED) is 0.437. The van der Waals surface area contributed by atoms with Crippen molar-refractivity contribution in [2.45, 2.75) is 6.04 Å². The molecule has 1 saturated heterocycles. The molecule has 0 saturated carbocycles. The van der Waals surface area contributed by atoms with E-state index in [1.807, 2.05) is 0 Å². The van der Waals surface area contributed by atoms with Crippen molar-refractivity contribution in [3.63, 3.8) is 0 Å². The molecule has 0 aromatic rings. The number of nitrogens with zero attached hydrogens (tertiary/aromatic N) is 1. The third kappa shape index (κ3) is 0.947. The highest BCUT2D eigenvalue weighted by Crippen LogP contribution is 2.14. The van der Waals surface area contributed by atoms with Crippen molar-refractivity contribution in [1.29, 1.82) is 0 Å². The summed E-state index contributed by atoms with van der Waals surface area (Å²) in [5.41, 5.74) is 0.584. The largest absolute Gasteiger partial charge is 0.381 e. The zero-order valence-corrected chi connectivity index (χ0v) is 6.32. The summed E-state index contributed by atoms with van der Waals surface area (Å²) in [6, 6.07) is -0.493. The Labute approximate surface area is 69.3 Å². The monoisotopic (exact) mass is 167 g/mol. The highest BCUT2D eigenvalue weighted by molar-refractivity contribution is 5.76. The number of urea groups is 1. The minimum Gasteiger partial charge on any atom is -0.381 e. The highest BCUT2D eigenvalue weighted by atomic mass is 16.5. The summed E-state index contributed by atoms with van der Waals surface area (Å²) in [6.07, 6.45) is 5.23. The van der Waals surface area contributed by atoms with Crippen LogP contribution in [0.3, 0.4) is 0 Å². The molecule has 0 spiro atoms. The lowest BCUT2D eigenvalue weighted by atomic mass is 10.1. The maximum atomic E-state index is 10.9. The molecule has 0 bridgehead atoms. The molecule has 0 aromatic carbocycles. The van der Waals surface area contributed by atoms with Gasteiger partial charge in [0, 0.05) is 6.54 Å². The van der Waals surface area contributed by atoms with E-state index < -0.39 is 6.03 Å². The minimum absolute atomic E-state index is 0.0160. The molecular formula is C7H9N3O2. The van der Waals surface area contributed by atoms with Crippen LogP contribution in [-0.2, 0) is 0 Å². The summed E-state index contributed by atoms with van der Waals surface area (Å²) in [6.45, 7) is 0.506. The normalized spacial score (nSPS) is 27.1. The van der Waals surface area contributed by atoms with Gasteiger partial charge in [0.05, 0.1) is 11.7 Å². The summed E-state index contributed by atoms with van der Waals surface area (Å²) in [4.78, 5) is 10.9. The Morgan fingerprint density at radius 2 is 2.50 bits per heavy atom. The zero-order valence-electron chi connectivity index (χ0n) is 6.32. The van der Waals surface area contributed by atoms with Crippen molar-refractivity contribution in [1.82, 2.24) is 15.7 Å². The average Bonchev–Trinajstić information content (AvgIpc) is 2.12. The third-order valence-corrected chi connectivity index (χ3v) is 1.91. The van der Waals surface area contributed by atoms with Crippen molar-refractivity contribution in [2.75, 3.05) is 6.54 Å². The van der Waals surface area contributed by atoms with Gasteiger partial charge in [0.1, 0.15) is 0 Å². The Bertz CT molecular complexity index is 272. The van der Waals surface area contributed by atoms with Crippen molar-refractivity contribution in [3.05, 3.63) is 24.0 Å². The van der Waals surface area contributed by atoms with E-state index in [1.54, 1.807) is 18.4 Å². The molecule has 1 atom stereocenters. The molecule has 64 valence electrons. The van der Waals surface area contributed by atoms with Gasteiger partial charge in [-0.1, -0.05) is 0 Å². The fraction of sp³-hybridized carbons (Fsp3) is 0.286. The maximum Gasteiger partial charge on any atom is 0.345 e. The van der Waals surface area contributed by atoms with Crippen molar-refractivity contribution >= 4 is 6.03 Å². The molecule has 0 aliphatic carbocycles. The smallest absolute Gasteiger partial charge is 0.345 e. The number of rotatable bonds is 0. The van der Waals surface area contributed by atoms with E-state index in [-0.39, 0.29) is 6.04 Å². The van der Waals surface area contributed by atoms with Crippen LogP contribution < -0.4 is 10.6 Å². The molecule has 2 amide bonds. The van der Waals surface area contributed by atoms with Crippen molar-refractivity contribution < 1.29 is 10.0 Å².